The lowest BCUT2D eigenvalue weighted by Crippen LogP contribution is -2.47. The van der Waals surface area contributed by atoms with Gasteiger partial charge in [0.25, 0.3) is 5.91 Å². The third-order valence-electron chi connectivity index (χ3n) is 4.54. The van der Waals surface area contributed by atoms with Gasteiger partial charge in [0.2, 0.25) is 0 Å². The molecule has 144 valence electrons. The van der Waals surface area contributed by atoms with Crippen molar-refractivity contribution >= 4 is 28.5 Å². The van der Waals surface area contributed by atoms with Crippen LogP contribution in [0.4, 0.5) is 10.5 Å². The van der Waals surface area contributed by atoms with Gasteiger partial charge in [-0.1, -0.05) is 24.3 Å². The summed E-state index contributed by atoms with van der Waals surface area (Å²) in [5, 5.41) is 4.69. The van der Waals surface area contributed by atoms with E-state index in [-0.39, 0.29) is 5.91 Å². The van der Waals surface area contributed by atoms with E-state index in [1.165, 1.54) is 0 Å². The molecule has 6 heteroatoms. The molecular formula is C21H27N3O3. The van der Waals surface area contributed by atoms with Crippen LogP contribution in [0.2, 0.25) is 0 Å². The number of carbonyl (C=O) groups excluding carboxylic acids is 2. The molecule has 2 aromatic carbocycles. The number of hydrogen-bond donors (Lipinski definition) is 1. The number of amides is 2. The highest BCUT2D eigenvalue weighted by Crippen LogP contribution is 2.26. The third kappa shape index (κ3) is 4.77. The van der Waals surface area contributed by atoms with Crippen molar-refractivity contribution in [3.8, 4) is 0 Å². The van der Waals surface area contributed by atoms with Gasteiger partial charge < -0.3 is 14.5 Å². The molecule has 1 saturated heterocycles. The molecule has 0 radical (unpaired) electrons. The number of anilines is 1. The minimum Gasteiger partial charge on any atom is -0.444 e. The number of nitrogens with zero attached hydrogens (tertiary/aromatic N) is 2. The van der Waals surface area contributed by atoms with Crippen LogP contribution in [0.5, 0.6) is 0 Å². The Balaban J connectivity index is 1.93. The normalized spacial score (nSPS) is 15.6. The Bertz CT molecular complexity index is 849. The maximum Gasteiger partial charge on any atom is 0.412 e. The van der Waals surface area contributed by atoms with Crippen molar-refractivity contribution in [1.29, 1.82) is 0 Å². The first-order chi connectivity index (χ1) is 12.7. The molecule has 1 aliphatic rings. The van der Waals surface area contributed by atoms with Gasteiger partial charge in [-0.15, -0.1) is 0 Å². The topological polar surface area (TPSA) is 61.9 Å². The molecule has 0 atom stereocenters. The molecule has 1 fully saturated rings. The molecule has 0 saturated carbocycles. The van der Waals surface area contributed by atoms with E-state index in [1.807, 2.05) is 69.1 Å². The van der Waals surface area contributed by atoms with Gasteiger partial charge in [0.15, 0.2) is 0 Å². The highest BCUT2D eigenvalue weighted by molar-refractivity contribution is 6.07. The van der Waals surface area contributed by atoms with Crippen molar-refractivity contribution in [3.05, 3.63) is 42.0 Å². The number of rotatable bonds is 2. The van der Waals surface area contributed by atoms with Crippen LogP contribution < -0.4 is 5.32 Å². The average Bonchev–Trinajstić information content (AvgIpc) is 2.59. The minimum atomic E-state index is -0.609. The number of likely N-dealkylation sites (N-methyl/N-ethyl adjacent to an activating group) is 1. The van der Waals surface area contributed by atoms with Crippen LogP contribution in [0.15, 0.2) is 36.4 Å². The second-order valence-electron chi connectivity index (χ2n) is 7.97. The zero-order valence-corrected chi connectivity index (χ0v) is 16.4. The van der Waals surface area contributed by atoms with Crippen molar-refractivity contribution < 1.29 is 14.3 Å². The average molecular weight is 369 g/mol. The van der Waals surface area contributed by atoms with Crippen molar-refractivity contribution in [2.75, 3.05) is 38.5 Å². The molecule has 6 nitrogen and oxygen atoms in total. The maximum atomic E-state index is 13.2. The fourth-order valence-electron chi connectivity index (χ4n) is 3.11. The van der Waals surface area contributed by atoms with Gasteiger partial charge >= 0.3 is 6.09 Å². The van der Waals surface area contributed by atoms with Gasteiger partial charge in [0.05, 0.1) is 11.3 Å². The summed E-state index contributed by atoms with van der Waals surface area (Å²) in [6.45, 7) is 8.46. The van der Waals surface area contributed by atoms with Gasteiger partial charge in [0, 0.05) is 26.2 Å². The predicted octanol–water partition coefficient (Wildman–Crippen LogP) is 3.57. The summed E-state index contributed by atoms with van der Waals surface area (Å²) in [6.07, 6.45) is -0.565. The summed E-state index contributed by atoms with van der Waals surface area (Å²) in [5.74, 6) is -0.0695. The monoisotopic (exact) mass is 369 g/mol. The van der Waals surface area contributed by atoms with E-state index < -0.39 is 11.7 Å². The molecule has 3 rings (SSSR count). The lowest BCUT2D eigenvalue weighted by atomic mass is 10.0. The Labute approximate surface area is 160 Å². The number of benzene rings is 2. The summed E-state index contributed by atoms with van der Waals surface area (Å²) < 4.78 is 5.37. The fourth-order valence-corrected chi connectivity index (χ4v) is 3.11. The minimum absolute atomic E-state index is 0.0695. The Morgan fingerprint density at radius 3 is 2.19 bits per heavy atom. The molecule has 2 amide bonds. The van der Waals surface area contributed by atoms with Gasteiger partial charge in [-0.25, -0.2) is 4.79 Å². The molecule has 0 aliphatic carbocycles. The second kappa shape index (κ2) is 7.56. The van der Waals surface area contributed by atoms with Gasteiger partial charge in [-0.05, 0) is 50.7 Å². The second-order valence-corrected chi connectivity index (χ2v) is 7.97. The van der Waals surface area contributed by atoms with Crippen LogP contribution in [0.25, 0.3) is 10.8 Å². The summed E-state index contributed by atoms with van der Waals surface area (Å²) in [6, 6.07) is 11.5. The molecule has 2 aromatic rings. The van der Waals surface area contributed by atoms with E-state index in [0.29, 0.717) is 24.3 Å². The van der Waals surface area contributed by atoms with Crippen LogP contribution in [-0.2, 0) is 4.74 Å². The quantitative estimate of drug-likeness (QED) is 0.879. The van der Waals surface area contributed by atoms with E-state index in [0.717, 1.165) is 23.9 Å². The third-order valence-corrected chi connectivity index (χ3v) is 4.54. The van der Waals surface area contributed by atoms with E-state index in [4.69, 9.17) is 4.74 Å². The molecule has 27 heavy (non-hydrogen) atoms. The number of piperazine rings is 1. The van der Waals surface area contributed by atoms with Crippen LogP contribution in [0.3, 0.4) is 0 Å². The van der Waals surface area contributed by atoms with Crippen molar-refractivity contribution in [2.45, 2.75) is 26.4 Å². The number of nitrogens with one attached hydrogen (secondary N) is 1. The van der Waals surface area contributed by atoms with Crippen molar-refractivity contribution in [3.63, 3.8) is 0 Å². The lowest BCUT2D eigenvalue weighted by Gasteiger charge is -2.33. The van der Waals surface area contributed by atoms with Gasteiger partial charge in [-0.3, -0.25) is 10.1 Å². The first kappa shape index (κ1) is 19.2. The molecule has 0 bridgehead atoms. The highest BCUT2D eigenvalue weighted by atomic mass is 16.6. The Morgan fingerprint density at radius 2 is 1.59 bits per heavy atom. The number of fused-ring (bicyclic) bond motifs is 1. The molecule has 1 heterocycles. The van der Waals surface area contributed by atoms with E-state index in [2.05, 4.69) is 10.2 Å². The molecule has 0 spiro atoms. The number of carbonyl (C=O) groups is 2. The largest absolute Gasteiger partial charge is 0.444 e. The number of ether oxygens (including phenoxy) is 1. The smallest absolute Gasteiger partial charge is 0.412 e. The van der Waals surface area contributed by atoms with Crippen LogP contribution >= 0.6 is 0 Å². The van der Waals surface area contributed by atoms with E-state index in [9.17, 15) is 9.59 Å². The highest BCUT2D eigenvalue weighted by Gasteiger charge is 2.24. The molecule has 0 unspecified atom stereocenters. The van der Waals surface area contributed by atoms with Gasteiger partial charge in [-0.2, -0.15) is 0 Å². The van der Waals surface area contributed by atoms with Crippen molar-refractivity contribution in [2.24, 2.45) is 0 Å². The lowest BCUT2D eigenvalue weighted by molar-refractivity contribution is 0.0636. The van der Waals surface area contributed by atoms with Crippen molar-refractivity contribution in [1.82, 2.24) is 9.80 Å². The molecular weight excluding hydrogens is 342 g/mol. The van der Waals surface area contributed by atoms with Gasteiger partial charge in [0.1, 0.15) is 5.60 Å². The first-order valence-corrected chi connectivity index (χ1v) is 9.23. The van der Waals surface area contributed by atoms with E-state index in [1.54, 1.807) is 0 Å². The molecule has 1 N–H and O–H groups in total. The maximum absolute atomic E-state index is 13.2. The van der Waals surface area contributed by atoms with E-state index >= 15 is 0 Å². The van der Waals surface area contributed by atoms with Crippen LogP contribution in [0.1, 0.15) is 31.1 Å². The standard InChI is InChI=1S/C21H27N3O3/c1-21(2,3)27-20(26)22-18-14-16-8-6-5-7-15(16)13-17(18)19(25)24-11-9-23(4)10-12-24/h5-8,13-14H,9-12H2,1-4H3,(H,22,26). The summed E-state index contributed by atoms with van der Waals surface area (Å²) in [4.78, 5) is 29.5. The number of hydrogen-bond acceptors (Lipinski definition) is 4. The Hall–Kier alpha value is -2.60. The molecule has 1 aliphatic heterocycles. The fraction of sp³-hybridized carbons (Fsp3) is 0.429. The first-order valence-electron chi connectivity index (χ1n) is 9.23. The Morgan fingerprint density at radius 1 is 1.00 bits per heavy atom. The molecule has 0 aromatic heterocycles. The zero-order valence-electron chi connectivity index (χ0n) is 16.4. The summed E-state index contributed by atoms with van der Waals surface area (Å²) in [5.41, 5.74) is 0.360. The SMILES string of the molecule is CN1CCN(C(=O)c2cc3ccccc3cc2NC(=O)OC(C)(C)C)CC1. The predicted molar refractivity (Wildman–Crippen MR) is 107 cm³/mol. The van der Waals surface area contributed by atoms with Crippen LogP contribution in [0, 0.1) is 0 Å². The summed E-state index contributed by atoms with van der Waals surface area (Å²) >= 11 is 0. The van der Waals surface area contributed by atoms with Crippen LogP contribution in [-0.4, -0.2) is 60.6 Å². The Kier molecular flexibility index (Phi) is 5.37. The zero-order chi connectivity index (χ0) is 19.6. The summed E-state index contributed by atoms with van der Waals surface area (Å²) in [7, 11) is 2.05.